The fraction of sp³-hybridized carbons (Fsp3) is 0.353. The molecule has 3 aromatic carbocycles. The van der Waals surface area contributed by atoms with Gasteiger partial charge in [0.05, 0.1) is 26.2 Å². The van der Waals surface area contributed by atoms with Crippen LogP contribution in [0.1, 0.15) is 76.1 Å². The van der Waals surface area contributed by atoms with Crippen molar-refractivity contribution < 1.29 is 33.6 Å². The van der Waals surface area contributed by atoms with Crippen LogP contribution in [0.15, 0.2) is 51.9 Å². The van der Waals surface area contributed by atoms with Crippen molar-refractivity contribution in [2.75, 3.05) is 14.2 Å². The fourth-order valence-electron chi connectivity index (χ4n) is 5.62. The molecule has 0 radical (unpaired) electrons. The molecule has 42 heavy (non-hydrogen) atoms. The molecule has 0 fully saturated rings. The number of ether oxygens (including phenoxy) is 3. The molecule has 1 aromatic heterocycles. The average Bonchev–Trinajstić information content (AvgIpc) is 2.90. The zero-order chi connectivity index (χ0) is 30.7. The first-order valence-electron chi connectivity index (χ1n) is 13.8. The van der Waals surface area contributed by atoms with Gasteiger partial charge in [0.15, 0.2) is 11.5 Å². The van der Waals surface area contributed by atoms with Crippen molar-refractivity contribution in [3.05, 3.63) is 75.1 Å². The summed E-state index contributed by atoms with van der Waals surface area (Å²) >= 11 is 0. The molecule has 0 spiro atoms. The van der Waals surface area contributed by atoms with Gasteiger partial charge in [0.25, 0.3) is 0 Å². The largest absolute Gasteiger partial charge is 0.507 e. The van der Waals surface area contributed by atoms with Crippen molar-refractivity contribution in [1.82, 2.24) is 0 Å². The van der Waals surface area contributed by atoms with Crippen LogP contribution in [0.2, 0.25) is 0 Å². The molecule has 0 amide bonds. The summed E-state index contributed by atoms with van der Waals surface area (Å²) in [4.78, 5) is 26.7. The van der Waals surface area contributed by atoms with Crippen LogP contribution in [-0.2, 0) is 15.6 Å². The highest BCUT2D eigenvalue weighted by molar-refractivity contribution is 5.94. The van der Waals surface area contributed by atoms with E-state index in [1.165, 1.54) is 26.5 Å². The maximum atomic E-state index is 13.9. The smallest absolute Gasteiger partial charge is 0.312 e. The number of hydrogen-bond acceptors (Lipinski definition) is 8. The van der Waals surface area contributed by atoms with Gasteiger partial charge in [0, 0.05) is 17.5 Å². The first-order valence-corrected chi connectivity index (χ1v) is 13.8. The van der Waals surface area contributed by atoms with Gasteiger partial charge in [-0.3, -0.25) is 9.59 Å². The Kier molecular flexibility index (Phi) is 7.00. The number of fused-ring (bicyclic) bond motifs is 3. The minimum atomic E-state index is -0.553. The minimum Gasteiger partial charge on any atom is -0.507 e. The number of carbonyl (C=O) groups excluding carboxylic acids is 1. The van der Waals surface area contributed by atoms with Gasteiger partial charge in [-0.2, -0.15) is 0 Å². The van der Waals surface area contributed by atoms with Crippen LogP contribution in [0, 0.1) is 0 Å². The summed E-state index contributed by atoms with van der Waals surface area (Å²) in [5, 5.41) is 22.3. The number of aromatic hydroxyl groups is 2. The zero-order valence-corrected chi connectivity index (χ0v) is 25.2. The van der Waals surface area contributed by atoms with E-state index in [-0.39, 0.29) is 40.2 Å². The first kappa shape index (κ1) is 29.0. The topological polar surface area (TPSA) is 115 Å². The second kappa shape index (κ2) is 10.1. The van der Waals surface area contributed by atoms with E-state index < -0.39 is 28.1 Å². The van der Waals surface area contributed by atoms with E-state index in [1.54, 1.807) is 18.2 Å². The van der Waals surface area contributed by atoms with Crippen molar-refractivity contribution in [3.63, 3.8) is 0 Å². The van der Waals surface area contributed by atoms with Crippen molar-refractivity contribution >= 4 is 16.9 Å². The normalized spacial score (nSPS) is 15.3. The van der Waals surface area contributed by atoms with E-state index in [4.69, 9.17) is 18.6 Å². The number of carbonyl (C=O) groups is 1. The molecule has 0 saturated carbocycles. The molecule has 1 aliphatic rings. The van der Waals surface area contributed by atoms with Crippen LogP contribution < -0.4 is 19.6 Å². The second-order valence-electron chi connectivity index (χ2n) is 12.8. The van der Waals surface area contributed by atoms with Crippen LogP contribution in [0.5, 0.6) is 28.7 Å². The lowest BCUT2D eigenvalue weighted by molar-refractivity contribution is -0.135. The quantitative estimate of drug-likeness (QED) is 0.200. The molecule has 4 aromatic rings. The Labute approximate surface area is 244 Å². The average molecular weight is 573 g/mol. The molecule has 0 saturated heterocycles. The lowest BCUT2D eigenvalue weighted by Crippen LogP contribution is -2.24. The van der Waals surface area contributed by atoms with E-state index in [9.17, 15) is 19.8 Å². The first-order chi connectivity index (χ1) is 19.6. The summed E-state index contributed by atoms with van der Waals surface area (Å²) < 4.78 is 22.4. The van der Waals surface area contributed by atoms with Gasteiger partial charge in [-0.1, -0.05) is 59.7 Å². The van der Waals surface area contributed by atoms with Crippen LogP contribution in [0.4, 0.5) is 0 Å². The maximum absolute atomic E-state index is 13.9. The molecule has 220 valence electrons. The summed E-state index contributed by atoms with van der Waals surface area (Å²) in [6.07, 6.45) is 1.34. The molecule has 2 heterocycles. The van der Waals surface area contributed by atoms with Crippen LogP contribution in [-0.4, -0.2) is 30.4 Å². The third-order valence-electron chi connectivity index (χ3n) is 7.82. The van der Waals surface area contributed by atoms with Crippen molar-refractivity contribution in [2.45, 2.75) is 64.7 Å². The van der Waals surface area contributed by atoms with E-state index in [2.05, 4.69) is 0 Å². The van der Waals surface area contributed by atoms with E-state index in [0.717, 1.165) is 16.7 Å². The Balaban J connectivity index is 1.78. The summed E-state index contributed by atoms with van der Waals surface area (Å²) in [7, 11) is 3.03. The Bertz CT molecular complexity index is 1750. The molecule has 8 nitrogen and oxygen atoms in total. The molecule has 0 bridgehead atoms. The van der Waals surface area contributed by atoms with Gasteiger partial charge >= 0.3 is 5.97 Å². The number of hydrogen-bond donors (Lipinski definition) is 2. The van der Waals surface area contributed by atoms with E-state index in [0.29, 0.717) is 22.6 Å². The molecule has 8 heteroatoms. The van der Waals surface area contributed by atoms with E-state index >= 15 is 0 Å². The van der Waals surface area contributed by atoms with Crippen molar-refractivity contribution in [1.29, 1.82) is 0 Å². The Hall–Kier alpha value is -4.46. The lowest BCUT2D eigenvalue weighted by atomic mass is 9.75. The summed E-state index contributed by atoms with van der Waals surface area (Å²) in [6, 6.07) is 10.2. The zero-order valence-electron chi connectivity index (χ0n) is 25.2. The van der Waals surface area contributed by atoms with Crippen LogP contribution in [0.3, 0.4) is 0 Å². The molecule has 1 aliphatic heterocycles. The summed E-state index contributed by atoms with van der Waals surface area (Å²) in [5.41, 5.74) is 2.39. The minimum absolute atomic E-state index is 0.00798. The SMILES string of the molecule is COc1ccc(-c2coc3c4c(cc(O)c3c2=O)OC(=O)C[C@@H]4c2cc(C(C)(C)C)c(O)c(C(C)(C)C)c2)cc1OC. The van der Waals surface area contributed by atoms with E-state index in [1.807, 2.05) is 53.7 Å². The Morgan fingerprint density at radius 3 is 2.05 bits per heavy atom. The van der Waals surface area contributed by atoms with Gasteiger partial charge in [-0.25, -0.2) is 0 Å². The number of esters is 1. The third-order valence-corrected chi connectivity index (χ3v) is 7.82. The molecule has 2 N–H and O–H groups in total. The van der Waals surface area contributed by atoms with Gasteiger partial charge in [-0.15, -0.1) is 0 Å². The lowest BCUT2D eigenvalue weighted by Gasteiger charge is -2.31. The van der Waals surface area contributed by atoms with Gasteiger partial charge in [-0.05, 0) is 45.2 Å². The molecule has 0 unspecified atom stereocenters. The highest BCUT2D eigenvalue weighted by Gasteiger charge is 2.36. The number of methoxy groups -OCH3 is 2. The van der Waals surface area contributed by atoms with Gasteiger partial charge in [0.1, 0.15) is 34.5 Å². The molecular weight excluding hydrogens is 536 g/mol. The predicted octanol–water partition coefficient (Wildman–Crippen LogP) is 6.92. The van der Waals surface area contributed by atoms with Crippen molar-refractivity contribution in [3.8, 4) is 39.9 Å². The number of benzene rings is 3. The monoisotopic (exact) mass is 572 g/mol. The van der Waals surface area contributed by atoms with Gasteiger partial charge in [0.2, 0.25) is 5.43 Å². The standard InChI is InChI=1S/C34H36O8/c1-33(2,3)21-11-18(12-22(31(21)38)34(4,5)6)19-14-27(36)42-26-15-23(35)29-30(37)20(16-41-32(29)28(19)26)17-9-10-24(39-7)25(13-17)40-8/h9-13,15-16,19,35,38H,14H2,1-8H3/t19-/m1/s1. The highest BCUT2D eigenvalue weighted by atomic mass is 16.5. The predicted molar refractivity (Wildman–Crippen MR) is 160 cm³/mol. The molecular formula is C34H36O8. The Morgan fingerprint density at radius 1 is 0.857 bits per heavy atom. The van der Waals surface area contributed by atoms with Crippen LogP contribution in [0.25, 0.3) is 22.1 Å². The highest BCUT2D eigenvalue weighted by Crippen LogP contribution is 2.48. The Morgan fingerprint density at radius 2 is 1.48 bits per heavy atom. The van der Waals surface area contributed by atoms with Crippen LogP contribution >= 0.6 is 0 Å². The number of phenols is 2. The number of rotatable bonds is 4. The van der Waals surface area contributed by atoms with Gasteiger partial charge < -0.3 is 28.8 Å². The third kappa shape index (κ3) is 4.85. The maximum Gasteiger partial charge on any atom is 0.312 e. The summed E-state index contributed by atoms with van der Waals surface area (Å²) in [6.45, 7) is 12.1. The molecule has 1 atom stereocenters. The summed E-state index contributed by atoms with van der Waals surface area (Å²) in [5.74, 6) is -0.0888. The molecule has 0 aliphatic carbocycles. The fourth-order valence-corrected chi connectivity index (χ4v) is 5.62. The second-order valence-corrected chi connectivity index (χ2v) is 12.8. The van der Waals surface area contributed by atoms with Crippen molar-refractivity contribution in [2.24, 2.45) is 0 Å². The number of phenolic OH excluding ortho intramolecular Hbond substituents is 2. The molecule has 5 rings (SSSR count).